The maximum atomic E-state index is 11.6. The third kappa shape index (κ3) is 4.02. The van der Waals surface area contributed by atoms with Crippen LogP contribution in [0.4, 0.5) is 0 Å². The molecule has 0 saturated carbocycles. The van der Waals surface area contributed by atoms with Gasteiger partial charge in [0.1, 0.15) is 0 Å². The van der Waals surface area contributed by atoms with Crippen molar-refractivity contribution in [3.8, 4) is 22.4 Å². The van der Waals surface area contributed by atoms with E-state index in [9.17, 15) is 8.42 Å². The number of nitrogens with zero attached hydrogens (tertiary/aromatic N) is 3. The van der Waals surface area contributed by atoms with Gasteiger partial charge in [-0.05, 0) is 47.5 Å². The van der Waals surface area contributed by atoms with E-state index in [0.29, 0.717) is 11.4 Å². The molecule has 5 nitrogen and oxygen atoms in total. The van der Waals surface area contributed by atoms with Crippen LogP contribution >= 0.6 is 0 Å². The Bertz CT molecular complexity index is 1200. The number of rotatable bonds is 5. The molecule has 4 aromatic rings. The number of hydrogen-bond donors (Lipinski definition) is 0. The molecule has 0 amide bonds. The summed E-state index contributed by atoms with van der Waals surface area (Å²) in [6, 6.07) is 22.8. The molecule has 2 aromatic heterocycles. The van der Waals surface area contributed by atoms with Crippen molar-refractivity contribution in [2.24, 2.45) is 0 Å². The topological polar surface area (TPSA) is 64.8 Å². The molecule has 0 aliphatic rings. The standard InChI is InChI=1S/C22H19N3O2S/c1-28(26,27)21-10-8-17(9-11-21)18-5-4-6-19(15-18)22-12-14-25(24-22)16-20-7-2-3-13-23-20/h2-15H,16H2,1H3. The highest BCUT2D eigenvalue weighted by molar-refractivity contribution is 7.90. The van der Waals surface area contributed by atoms with Gasteiger partial charge in [0.25, 0.3) is 0 Å². The average Bonchev–Trinajstić information content (AvgIpc) is 3.17. The summed E-state index contributed by atoms with van der Waals surface area (Å²) in [6.45, 7) is 0.619. The van der Waals surface area contributed by atoms with E-state index in [-0.39, 0.29) is 0 Å². The molecule has 28 heavy (non-hydrogen) atoms. The lowest BCUT2D eigenvalue weighted by Gasteiger charge is -2.06. The van der Waals surface area contributed by atoms with Crippen molar-refractivity contribution in [2.45, 2.75) is 11.4 Å². The molecule has 0 radical (unpaired) electrons. The highest BCUT2D eigenvalue weighted by Gasteiger charge is 2.08. The van der Waals surface area contributed by atoms with Crippen LogP contribution < -0.4 is 0 Å². The second-order valence-corrected chi connectivity index (χ2v) is 8.61. The summed E-state index contributed by atoms with van der Waals surface area (Å²) in [7, 11) is -3.19. The monoisotopic (exact) mass is 389 g/mol. The number of pyridine rings is 1. The largest absolute Gasteiger partial charge is 0.266 e. The van der Waals surface area contributed by atoms with Gasteiger partial charge in [-0.3, -0.25) is 9.67 Å². The average molecular weight is 389 g/mol. The summed E-state index contributed by atoms with van der Waals surface area (Å²) < 4.78 is 25.1. The van der Waals surface area contributed by atoms with E-state index in [1.807, 2.05) is 65.5 Å². The van der Waals surface area contributed by atoms with Crippen molar-refractivity contribution in [1.82, 2.24) is 14.8 Å². The van der Waals surface area contributed by atoms with E-state index in [1.165, 1.54) is 6.26 Å². The summed E-state index contributed by atoms with van der Waals surface area (Å²) in [5, 5.41) is 4.65. The molecule has 0 N–H and O–H groups in total. The predicted octanol–water partition coefficient (Wildman–Crippen LogP) is 4.06. The van der Waals surface area contributed by atoms with Gasteiger partial charge in [-0.1, -0.05) is 36.4 Å². The first kappa shape index (κ1) is 18.1. The molecule has 140 valence electrons. The molecule has 0 fully saturated rings. The minimum absolute atomic E-state index is 0.320. The zero-order chi connectivity index (χ0) is 19.6. The predicted molar refractivity (Wildman–Crippen MR) is 110 cm³/mol. The summed E-state index contributed by atoms with van der Waals surface area (Å²) in [5.74, 6) is 0. The summed E-state index contributed by atoms with van der Waals surface area (Å²) in [5.41, 5.74) is 4.81. The maximum absolute atomic E-state index is 11.6. The van der Waals surface area contributed by atoms with Crippen LogP contribution in [0.5, 0.6) is 0 Å². The lowest BCUT2D eigenvalue weighted by Crippen LogP contribution is -2.01. The fourth-order valence-electron chi connectivity index (χ4n) is 3.01. The third-order valence-corrected chi connectivity index (χ3v) is 5.59. The number of hydrogen-bond acceptors (Lipinski definition) is 4. The number of benzene rings is 2. The zero-order valence-corrected chi connectivity index (χ0v) is 16.2. The quantitative estimate of drug-likeness (QED) is 0.516. The Morgan fingerprint density at radius 3 is 2.36 bits per heavy atom. The molecular formula is C22H19N3O2S. The normalized spacial score (nSPS) is 11.5. The fourth-order valence-corrected chi connectivity index (χ4v) is 3.64. The third-order valence-electron chi connectivity index (χ3n) is 4.46. The van der Waals surface area contributed by atoms with Crippen LogP contribution in [0.25, 0.3) is 22.4 Å². The molecule has 0 aliphatic carbocycles. The molecule has 0 bridgehead atoms. The van der Waals surface area contributed by atoms with Crippen molar-refractivity contribution in [3.63, 3.8) is 0 Å². The number of sulfone groups is 1. The smallest absolute Gasteiger partial charge is 0.175 e. The molecule has 0 spiro atoms. The second kappa shape index (κ2) is 7.40. The Hall–Kier alpha value is -3.25. The van der Waals surface area contributed by atoms with Crippen LogP contribution in [0.3, 0.4) is 0 Å². The van der Waals surface area contributed by atoms with Crippen molar-refractivity contribution >= 4 is 9.84 Å². The van der Waals surface area contributed by atoms with E-state index in [2.05, 4.69) is 16.1 Å². The van der Waals surface area contributed by atoms with Gasteiger partial charge in [0.2, 0.25) is 0 Å². The van der Waals surface area contributed by atoms with Crippen LogP contribution in [0.2, 0.25) is 0 Å². The van der Waals surface area contributed by atoms with E-state index < -0.39 is 9.84 Å². The van der Waals surface area contributed by atoms with Gasteiger partial charge >= 0.3 is 0 Å². The molecule has 0 unspecified atom stereocenters. The van der Waals surface area contributed by atoms with Crippen LogP contribution in [-0.2, 0) is 16.4 Å². The first-order chi connectivity index (χ1) is 13.5. The summed E-state index contributed by atoms with van der Waals surface area (Å²) >= 11 is 0. The van der Waals surface area contributed by atoms with Gasteiger partial charge < -0.3 is 0 Å². The molecular weight excluding hydrogens is 370 g/mol. The molecule has 2 aromatic carbocycles. The van der Waals surface area contributed by atoms with Gasteiger partial charge in [0, 0.05) is 24.2 Å². The van der Waals surface area contributed by atoms with Crippen LogP contribution in [-0.4, -0.2) is 29.4 Å². The van der Waals surface area contributed by atoms with Crippen molar-refractivity contribution in [1.29, 1.82) is 0 Å². The Balaban J connectivity index is 1.59. The lowest BCUT2D eigenvalue weighted by atomic mass is 10.0. The Labute approximate surface area is 164 Å². The van der Waals surface area contributed by atoms with Gasteiger partial charge in [0.15, 0.2) is 9.84 Å². The van der Waals surface area contributed by atoms with Gasteiger partial charge in [-0.25, -0.2) is 8.42 Å². The molecule has 0 saturated heterocycles. The summed E-state index contributed by atoms with van der Waals surface area (Å²) in [6.07, 6.45) is 4.93. The zero-order valence-electron chi connectivity index (χ0n) is 15.4. The van der Waals surface area contributed by atoms with Crippen molar-refractivity contribution in [3.05, 3.63) is 90.9 Å². The Morgan fingerprint density at radius 1 is 0.857 bits per heavy atom. The summed E-state index contributed by atoms with van der Waals surface area (Å²) in [4.78, 5) is 4.65. The van der Waals surface area contributed by atoms with E-state index >= 15 is 0 Å². The van der Waals surface area contributed by atoms with Crippen molar-refractivity contribution < 1.29 is 8.42 Å². The van der Waals surface area contributed by atoms with E-state index in [0.717, 1.165) is 28.1 Å². The highest BCUT2D eigenvalue weighted by atomic mass is 32.2. The highest BCUT2D eigenvalue weighted by Crippen LogP contribution is 2.26. The number of aromatic nitrogens is 3. The first-order valence-electron chi connectivity index (χ1n) is 8.83. The Morgan fingerprint density at radius 2 is 1.64 bits per heavy atom. The van der Waals surface area contributed by atoms with Gasteiger partial charge in [-0.15, -0.1) is 0 Å². The van der Waals surface area contributed by atoms with Crippen molar-refractivity contribution in [2.75, 3.05) is 6.26 Å². The molecule has 0 atom stereocenters. The van der Waals surface area contributed by atoms with Crippen LogP contribution in [0.15, 0.2) is 90.1 Å². The van der Waals surface area contributed by atoms with E-state index in [4.69, 9.17) is 0 Å². The molecule has 2 heterocycles. The van der Waals surface area contributed by atoms with E-state index in [1.54, 1.807) is 18.3 Å². The Kier molecular flexibility index (Phi) is 4.79. The maximum Gasteiger partial charge on any atom is 0.175 e. The lowest BCUT2D eigenvalue weighted by molar-refractivity contribution is 0.602. The second-order valence-electron chi connectivity index (χ2n) is 6.60. The minimum atomic E-state index is -3.19. The molecule has 0 aliphatic heterocycles. The SMILES string of the molecule is CS(=O)(=O)c1ccc(-c2cccc(-c3ccn(Cc4ccccn4)n3)c2)cc1. The fraction of sp³-hybridized carbons (Fsp3) is 0.0909. The first-order valence-corrected chi connectivity index (χ1v) is 10.7. The van der Waals surface area contributed by atoms with Crippen LogP contribution in [0, 0.1) is 0 Å². The minimum Gasteiger partial charge on any atom is -0.266 e. The van der Waals surface area contributed by atoms with Gasteiger partial charge in [0.05, 0.1) is 22.8 Å². The van der Waals surface area contributed by atoms with Crippen LogP contribution in [0.1, 0.15) is 5.69 Å². The molecule has 4 rings (SSSR count). The molecule has 6 heteroatoms. The van der Waals surface area contributed by atoms with Gasteiger partial charge in [-0.2, -0.15) is 5.10 Å².